The molecule has 0 aliphatic rings. The van der Waals surface area contributed by atoms with Crippen LogP contribution in [0.2, 0.25) is 0 Å². The van der Waals surface area contributed by atoms with Crippen LogP contribution in [0.5, 0.6) is 0 Å². The van der Waals surface area contributed by atoms with Crippen LogP contribution in [0.1, 0.15) is 23.4 Å². The van der Waals surface area contributed by atoms with Crippen LogP contribution < -0.4 is 5.32 Å². The second kappa shape index (κ2) is 9.07. The van der Waals surface area contributed by atoms with Crippen molar-refractivity contribution in [1.29, 1.82) is 0 Å². The molecule has 0 radical (unpaired) electrons. The van der Waals surface area contributed by atoms with Crippen molar-refractivity contribution >= 4 is 5.91 Å². The second-order valence-electron chi connectivity index (χ2n) is 6.31. The van der Waals surface area contributed by atoms with Crippen LogP contribution in [0, 0.1) is 11.6 Å². The van der Waals surface area contributed by atoms with E-state index in [0.29, 0.717) is 24.9 Å². The Morgan fingerprint density at radius 3 is 2.59 bits per heavy atom. The third kappa shape index (κ3) is 5.48. The molecule has 3 aromatic rings. The highest BCUT2D eigenvalue weighted by molar-refractivity contribution is 5.76. The Morgan fingerprint density at radius 1 is 1.00 bits per heavy atom. The summed E-state index contributed by atoms with van der Waals surface area (Å²) < 4.78 is 28.1. The Balaban J connectivity index is 1.44. The van der Waals surface area contributed by atoms with Gasteiger partial charge < -0.3 is 9.88 Å². The highest BCUT2D eigenvalue weighted by Crippen LogP contribution is 2.10. The largest absolute Gasteiger partial charge is 0.356 e. The number of imidazole rings is 1. The summed E-state index contributed by atoms with van der Waals surface area (Å²) in [7, 11) is 0. The first-order valence-electron chi connectivity index (χ1n) is 8.86. The predicted molar refractivity (Wildman–Crippen MR) is 99.2 cm³/mol. The first-order valence-corrected chi connectivity index (χ1v) is 8.86. The molecule has 0 fully saturated rings. The molecule has 6 heteroatoms. The summed E-state index contributed by atoms with van der Waals surface area (Å²) in [5, 5.41) is 2.85. The maximum Gasteiger partial charge on any atom is 0.220 e. The van der Waals surface area contributed by atoms with Gasteiger partial charge in [0.05, 0.1) is 0 Å². The number of halogens is 2. The van der Waals surface area contributed by atoms with Gasteiger partial charge in [0.1, 0.15) is 5.82 Å². The van der Waals surface area contributed by atoms with E-state index in [1.807, 2.05) is 24.4 Å². The van der Waals surface area contributed by atoms with Gasteiger partial charge in [0.15, 0.2) is 11.6 Å². The zero-order chi connectivity index (χ0) is 19.1. The molecule has 0 saturated carbocycles. The highest BCUT2D eigenvalue weighted by atomic mass is 19.2. The molecule has 0 aliphatic heterocycles. The molecule has 0 atom stereocenters. The zero-order valence-electron chi connectivity index (χ0n) is 14.9. The fourth-order valence-corrected chi connectivity index (χ4v) is 2.85. The van der Waals surface area contributed by atoms with Crippen molar-refractivity contribution < 1.29 is 13.6 Å². The normalized spacial score (nSPS) is 10.7. The van der Waals surface area contributed by atoms with Gasteiger partial charge in [-0.15, -0.1) is 0 Å². The number of carbonyl (C=O) groups excluding carboxylic acids is 1. The van der Waals surface area contributed by atoms with Gasteiger partial charge in [0.2, 0.25) is 5.91 Å². The number of aryl methyl sites for hydroxylation is 1. The van der Waals surface area contributed by atoms with Crippen LogP contribution in [-0.2, 0) is 24.2 Å². The monoisotopic (exact) mass is 369 g/mol. The lowest BCUT2D eigenvalue weighted by atomic mass is 10.1. The van der Waals surface area contributed by atoms with E-state index in [2.05, 4.69) is 27.0 Å². The van der Waals surface area contributed by atoms with Crippen LogP contribution in [0.3, 0.4) is 0 Å². The van der Waals surface area contributed by atoms with Crippen LogP contribution in [-0.4, -0.2) is 22.0 Å². The van der Waals surface area contributed by atoms with Gasteiger partial charge in [-0.1, -0.05) is 36.4 Å². The lowest BCUT2D eigenvalue weighted by Gasteiger charge is -2.09. The molecule has 0 spiro atoms. The highest BCUT2D eigenvalue weighted by Gasteiger charge is 2.07. The summed E-state index contributed by atoms with van der Waals surface area (Å²) in [5.41, 5.74) is 1.79. The maximum atomic E-state index is 13.2. The molecule has 2 aromatic carbocycles. The standard InChI is InChI=1S/C21H21F2N3O/c22-18-8-6-16(14-19(18)23)7-9-21(27)25-11-10-20-24-12-13-26(20)15-17-4-2-1-3-5-17/h1-6,8,12-14H,7,9-11,15H2,(H,25,27). The molecule has 1 N–H and O–H groups in total. The summed E-state index contributed by atoms with van der Waals surface area (Å²) in [4.78, 5) is 16.3. The van der Waals surface area contributed by atoms with Gasteiger partial charge in [0, 0.05) is 38.3 Å². The number of carbonyl (C=O) groups is 1. The van der Waals surface area contributed by atoms with E-state index < -0.39 is 11.6 Å². The van der Waals surface area contributed by atoms with Gasteiger partial charge in [-0.2, -0.15) is 0 Å². The van der Waals surface area contributed by atoms with Crippen LogP contribution in [0.15, 0.2) is 60.9 Å². The third-order valence-electron chi connectivity index (χ3n) is 4.29. The van der Waals surface area contributed by atoms with E-state index in [4.69, 9.17) is 0 Å². The molecule has 0 aliphatic carbocycles. The fraction of sp³-hybridized carbons (Fsp3) is 0.238. The van der Waals surface area contributed by atoms with Crippen LogP contribution in [0.25, 0.3) is 0 Å². The molecule has 0 bridgehead atoms. The fourth-order valence-electron chi connectivity index (χ4n) is 2.85. The van der Waals surface area contributed by atoms with Gasteiger partial charge in [-0.25, -0.2) is 13.8 Å². The van der Waals surface area contributed by atoms with E-state index in [-0.39, 0.29) is 12.3 Å². The van der Waals surface area contributed by atoms with E-state index in [9.17, 15) is 13.6 Å². The van der Waals surface area contributed by atoms with E-state index in [0.717, 1.165) is 24.5 Å². The Labute approximate surface area is 156 Å². The summed E-state index contributed by atoms with van der Waals surface area (Å²) in [6, 6.07) is 13.8. The minimum atomic E-state index is -0.891. The second-order valence-corrected chi connectivity index (χ2v) is 6.31. The van der Waals surface area contributed by atoms with Crippen molar-refractivity contribution in [3.8, 4) is 0 Å². The molecule has 3 rings (SSSR count). The van der Waals surface area contributed by atoms with Crippen LogP contribution >= 0.6 is 0 Å². The molecule has 4 nitrogen and oxygen atoms in total. The summed E-state index contributed by atoms with van der Waals surface area (Å²) >= 11 is 0. The number of rotatable bonds is 8. The first-order chi connectivity index (χ1) is 13.1. The number of aromatic nitrogens is 2. The van der Waals surface area contributed by atoms with Crippen molar-refractivity contribution in [2.45, 2.75) is 25.8 Å². The molecule has 0 saturated heterocycles. The van der Waals surface area contributed by atoms with E-state index in [1.165, 1.54) is 11.6 Å². The predicted octanol–water partition coefficient (Wildman–Crippen LogP) is 3.50. The van der Waals surface area contributed by atoms with Crippen molar-refractivity contribution in [1.82, 2.24) is 14.9 Å². The van der Waals surface area contributed by atoms with Crippen molar-refractivity contribution in [2.24, 2.45) is 0 Å². The average molecular weight is 369 g/mol. The Bertz CT molecular complexity index is 893. The van der Waals surface area contributed by atoms with E-state index >= 15 is 0 Å². The molecule has 140 valence electrons. The number of amides is 1. The molecule has 0 unspecified atom stereocenters. The minimum absolute atomic E-state index is 0.124. The number of hydrogen-bond acceptors (Lipinski definition) is 2. The third-order valence-corrected chi connectivity index (χ3v) is 4.29. The number of hydrogen-bond donors (Lipinski definition) is 1. The number of benzene rings is 2. The summed E-state index contributed by atoms with van der Waals surface area (Å²) in [6.07, 6.45) is 4.89. The van der Waals surface area contributed by atoms with Crippen molar-refractivity contribution in [3.05, 3.63) is 89.5 Å². The van der Waals surface area contributed by atoms with Gasteiger partial charge in [0.25, 0.3) is 0 Å². The molecule has 1 amide bonds. The van der Waals surface area contributed by atoms with Crippen molar-refractivity contribution in [3.63, 3.8) is 0 Å². The summed E-state index contributed by atoms with van der Waals surface area (Å²) in [5.74, 6) is -0.993. The Morgan fingerprint density at radius 2 is 1.81 bits per heavy atom. The lowest BCUT2D eigenvalue weighted by molar-refractivity contribution is -0.121. The Kier molecular flexibility index (Phi) is 6.30. The number of nitrogens with one attached hydrogen (secondary N) is 1. The van der Waals surface area contributed by atoms with Gasteiger partial charge in [-0.05, 0) is 29.7 Å². The number of nitrogens with zero attached hydrogens (tertiary/aromatic N) is 2. The minimum Gasteiger partial charge on any atom is -0.356 e. The molecular weight excluding hydrogens is 348 g/mol. The van der Waals surface area contributed by atoms with Crippen LogP contribution in [0.4, 0.5) is 8.78 Å². The lowest BCUT2D eigenvalue weighted by Crippen LogP contribution is -2.26. The zero-order valence-corrected chi connectivity index (χ0v) is 14.9. The van der Waals surface area contributed by atoms with Gasteiger partial charge >= 0.3 is 0 Å². The molecule has 1 aromatic heterocycles. The Hall–Kier alpha value is -3.02. The van der Waals surface area contributed by atoms with E-state index in [1.54, 1.807) is 6.20 Å². The molecule has 1 heterocycles. The van der Waals surface area contributed by atoms with Gasteiger partial charge in [-0.3, -0.25) is 4.79 Å². The van der Waals surface area contributed by atoms with Crippen molar-refractivity contribution in [2.75, 3.05) is 6.54 Å². The topological polar surface area (TPSA) is 46.9 Å². The first kappa shape index (κ1) is 18.8. The molecular formula is C21H21F2N3O. The quantitative estimate of drug-likeness (QED) is 0.661. The summed E-state index contributed by atoms with van der Waals surface area (Å²) in [6.45, 7) is 1.21. The average Bonchev–Trinajstić information content (AvgIpc) is 3.10. The maximum absolute atomic E-state index is 13.2. The molecule has 27 heavy (non-hydrogen) atoms. The SMILES string of the molecule is O=C(CCc1ccc(F)c(F)c1)NCCc1nccn1Cc1ccccc1. The smallest absolute Gasteiger partial charge is 0.220 e.